The van der Waals surface area contributed by atoms with Gasteiger partial charge >= 0.3 is 0 Å². The van der Waals surface area contributed by atoms with Crippen molar-refractivity contribution in [3.63, 3.8) is 0 Å². The fourth-order valence-corrected chi connectivity index (χ4v) is 3.39. The number of hydrogen-bond acceptors (Lipinski definition) is 2. The van der Waals surface area contributed by atoms with Crippen molar-refractivity contribution in [3.05, 3.63) is 63.1 Å². The second-order valence-electron chi connectivity index (χ2n) is 5.79. The van der Waals surface area contributed by atoms with E-state index < -0.39 is 5.92 Å². The van der Waals surface area contributed by atoms with Crippen LogP contribution in [0.5, 0.6) is 0 Å². The van der Waals surface area contributed by atoms with E-state index in [2.05, 4.69) is 5.32 Å². The molecule has 0 spiro atoms. The van der Waals surface area contributed by atoms with E-state index in [4.69, 9.17) is 34.8 Å². The Morgan fingerprint density at radius 3 is 2.56 bits per heavy atom. The zero-order valence-corrected chi connectivity index (χ0v) is 15.4. The third kappa shape index (κ3) is 3.92. The second-order valence-corrected chi connectivity index (χ2v) is 6.98. The van der Waals surface area contributed by atoms with Crippen LogP contribution >= 0.6 is 34.8 Å². The quantitative estimate of drug-likeness (QED) is 0.835. The molecule has 0 aliphatic carbocycles. The standard InChI is InChI=1S/C18H15Cl3N2O2/c19-13-5-2-1-4-11(13)9-22-18(25)12-8-16(24)23(10-12)15-7-3-6-14(20)17(15)21/h1-7,12H,8-10H2,(H,22,25)/t12-/m0/s1. The van der Waals surface area contributed by atoms with Crippen molar-refractivity contribution in [1.29, 1.82) is 0 Å². The summed E-state index contributed by atoms with van der Waals surface area (Å²) in [6, 6.07) is 12.4. The summed E-state index contributed by atoms with van der Waals surface area (Å²) in [4.78, 5) is 26.2. The van der Waals surface area contributed by atoms with Crippen molar-refractivity contribution in [2.24, 2.45) is 5.92 Å². The molecule has 0 saturated carbocycles. The summed E-state index contributed by atoms with van der Waals surface area (Å²) >= 11 is 18.3. The lowest BCUT2D eigenvalue weighted by Crippen LogP contribution is -2.32. The van der Waals surface area contributed by atoms with E-state index in [-0.39, 0.29) is 24.8 Å². The topological polar surface area (TPSA) is 49.4 Å². The van der Waals surface area contributed by atoms with E-state index >= 15 is 0 Å². The lowest BCUT2D eigenvalue weighted by atomic mass is 10.1. The van der Waals surface area contributed by atoms with Crippen LogP contribution in [0.3, 0.4) is 0 Å². The minimum Gasteiger partial charge on any atom is -0.352 e. The van der Waals surface area contributed by atoms with Crippen LogP contribution in [-0.2, 0) is 16.1 Å². The molecule has 2 amide bonds. The molecule has 2 aromatic rings. The van der Waals surface area contributed by atoms with Crippen molar-refractivity contribution in [2.75, 3.05) is 11.4 Å². The SMILES string of the molecule is O=C(NCc1ccccc1Cl)[C@H]1CC(=O)N(c2cccc(Cl)c2Cl)C1. The van der Waals surface area contributed by atoms with Gasteiger partial charge in [-0.1, -0.05) is 59.1 Å². The summed E-state index contributed by atoms with van der Waals surface area (Å²) < 4.78 is 0. The molecule has 0 aromatic heterocycles. The molecule has 1 aliphatic heterocycles. The highest BCUT2D eigenvalue weighted by molar-refractivity contribution is 6.44. The first-order valence-electron chi connectivity index (χ1n) is 7.73. The van der Waals surface area contributed by atoms with Gasteiger partial charge in [-0.2, -0.15) is 0 Å². The van der Waals surface area contributed by atoms with Gasteiger partial charge in [-0.25, -0.2) is 0 Å². The Balaban J connectivity index is 1.67. The molecular formula is C18H15Cl3N2O2. The summed E-state index contributed by atoms with van der Waals surface area (Å²) in [5.74, 6) is -0.777. The largest absolute Gasteiger partial charge is 0.352 e. The van der Waals surface area contributed by atoms with Crippen LogP contribution in [-0.4, -0.2) is 18.4 Å². The average molecular weight is 398 g/mol. The highest BCUT2D eigenvalue weighted by Crippen LogP contribution is 2.35. The van der Waals surface area contributed by atoms with Crippen LogP contribution < -0.4 is 10.2 Å². The molecule has 1 saturated heterocycles. The molecule has 2 aromatic carbocycles. The van der Waals surface area contributed by atoms with Gasteiger partial charge in [-0.05, 0) is 23.8 Å². The molecule has 7 heteroatoms. The van der Waals surface area contributed by atoms with Gasteiger partial charge in [0.05, 0.1) is 21.7 Å². The Kier molecular flexibility index (Phi) is 5.52. The molecule has 130 valence electrons. The molecule has 1 heterocycles. The minimum absolute atomic E-state index is 0.136. The molecule has 0 radical (unpaired) electrons. The summed E-state index contributed by atoms with van der Waals surface area (Å²) in [5.41, 5.74) is 1.36. The Hall–Kier alpha value is -1.75. The summed E-state index contributed by atoms with van der Waals surface area (Å²) in [6.07, 6.45) is 0.136. The van der Waals surface area contributed by atoms with Crippen molar-refractivity contribution < 1.29 is 9.59 Å². The molecule has 4 nitrogen and oxygen atoms in total. The average Bonchev–Trinajstić information content (AvgIpc) is 2.98. The second kappa shape index (κ2) is 7.65. The fourth-order valence-electron chi connectivity index (χ4n) is 2.79. The lowest BCUT2D eigenvalue weighted by molar-refractivity contribution is -0.126. The number of carbonyl (C=O) groups is 2. The maximum atomic E-state index is 12.4. The van der Waals surface area contributed by atoms with E-state index in [0.717, 1.165) is 5.56 Å². The fraction of sp³-hybridized carbons (Fsp3) is 0.222. The number of anilines is 1. The summed E-state index contributed by atoms with van der Waals surface area (Å²) in [6.45, 7) is 0.592. The number of benzene rings is 2. The molecule has 0 bridgehead atoms. The van der Waals surface area contributed by atoms with Gasteiger partial charge in [0.1, 0.15) is 0 Å². The van der Waals surface area contributed by atoms with Gasteiger partial charge in [-0.15, -0.1) is 0 Å². The molecule has 3 rings (SSSR count). The van der Waals surface area contributed by atoms with Gasteiger partial charge in [-0.3, -0.25) is 9.59 Å². The van der Waals surface area contributed by atoms with E-state index in [0.29, 0.717) is 27.3 Å². The normalized spacial score (nSPS) is 17.0. The van der Waals surface area contributed by atoms with Gasteiger partial charge in [0.2, 0.25) is 11.8 Å². The Bertz CT molecular complexity index is 826. The predicted octanol–water partition coefficient (Wildman–Crippen LogP) is 4.32. The Morgan fingerprint density at radius 1 is 1.08 bits per heavy atom. The third-order valence-electron chi connectivity index (χ3n) is 4.13. The van der Waals surface area contributed by atoms with Crippen LogP contribution in [0.1, 0.15) is 12.0 Å². The van der Waals surface area contributed by atoms with Crippen molar-refractivity contribution in [1.82, 2.24) is 5.32 Å². The number of rotatable bonds is 4. The molecule has 1 aliphatic rings. The Labute approximate surface area is 160 Å². The van der Waals surface area contributed by atoms with Crippen LogP contribution in [0.25, 0.3) is 0 Å². The number of amides is 2. The number of nitrogens with one attached hydrogen (secondary N) is 1. The zero-order chi connectivity index (χ0) is 18.0. The summed E-state index contributed by atoms with van der Waals surface area (Å²) in [5, 5.41) is 4.12. The van der Waals surface area contributed by atoms with Crippen LogP contribution in [0.15, 0.2) is 42.5 Å². The van der Waals surface area contributed by atoms with Crippen LogP contribution in [0, 0.1) is 5.92 Å². The molecule has 1 fully saturated rings. The predicted molar refractivity (Wildman–Crippen MR) is 100 cm³/mol. The van der Waals surface area contributed by atoms with E-state index in [1.165, 1.54) is 4.90 Å². The van der Waals surface area contributed by atoms with E-state index in [1.54, 1.807) is 24.3 Å². The highest BCUT2D eigenvalue weighted by Gasteiger charge is 2.36. The van der Waals surface area contributed by atoms with Crippen LogP contribution in [0.2, 0.25) is 15.1 Å². The van der Waals surface area contributed by atoms with Gasteiger partial charge < -0.3 is 10.2 Å². The van der Waals surface area contributed by atoms with Gasteiger partial charge in [0.25, 0.3) is 0 Å². The maximum Gasteiger partial charge on any atom is 0.227 e. The van der Waals surface area contributed by atoms with Crippen molar-refractivity contribution in [2.45, 2.75) is 13.0 Å². The molecule has 1 N–H and O–H groups in total. The summed E-state index contributed by atoms with van der Waals surface area (Å²) in [7, 11) is 0. The monoisotopic (exact) mass is 396 g/mol. The number of carbonyl (C=O) groups excluding carboxylic acids is 2. The first-order chi connectivity index (χ1) is 12.0. The van der Waals surface area contributed by atoms with E-state index in [1.807, 2.05) is 18.2 Å². The van der Waals surface area contributed by atoms with Crippen molar-refractivity contribution >= 4 is 52.3 Å². The molecule has 0 unspecified atom stereocenters. The van der Waals surface area contributed by atoms with Gasteiger partial charge in [0.15, 0.2) is 0 Å². The first kappa shape index (κ1) is 18.1. The molecule has 25 heavy (non-hydrogen) atoms. The molecular weight excluding hydrogens is 383 g/mol. The Morgan fingerprint density at radius 2 is 1.80 bits per heavy atom. The minimum atomic E-state index is -0.440. The third-order valence-corrected chi connectivity index (χ3v) is 5.31. The van der Waals surface area contributed by atoms with E-state index in [9.17, 15) is 9.59 Å². The smallest absolute Gasteiger partial charge is 0.227 e. The molecule has 1 atom stereocenters. The zero-order valence-electron chi connectivity index (χ0n) is 13.1. The van der Waals surface area contributed by atoms with Crippen molar-refractivity contribution in [3.8, 4) is 0 Å². The van der Waals surface area contributed by atoms with Crippen LogP contribution in [0.4, 0.5) is 5.69 Å². The lowest BCUT2D eigenvalue weighted by Gasteiger charge is -2.18. The number of nitrogens with zero attached hydrogens (tertiary/aromatic N) is 1. The van der Waals surface area contributed by atoms with Gasteiger partial charge in [0, 0.05) is 24.5 Å². The number of halogens is 3. The maximum absolute atomic E-state index is 12.4. The highest BCUT2D eigenvalue weighted by atomic mass is 35.5. The number of hydrogen-bond donors (Lipinski definition) is 1. The first-order valence-corrected chi connectivity index (χ1v) is 8.86.